The molecule has 1 aromatic carbocycles. The molecule has 0 amide bonds. The van der Waals surface area contributed by atoms with Gasteiger partial charge >= 0.3 is 0 Å². The Kier molecular flexibility index (Phi) is 4.41. The van der Waals surface area contributed by atoms with Crippen molar-refractivity contribution in [2.75, 3.05) is 5.43 Å². The highest BCUT2D eigenvalue weighted by atomic mass is 32.1. The van der Waals surface area contributed by atoms with E-state index in [4.69, 9.17) is 5.84 Å². The van der Waals surface area contributed by atoms with Gasteiger partial charge in [0.1, 0.15) is 0 Å². The second-order valence-electron chi connectivity index (χ2n) is 3.56. The zero-order valence-electron chi connectivity index (χ0n) is 9.98. The van der Waals surface area contributed by atoms with Crippen molar-refractivity contribution in [3.8, 4) is 0 Å². The van der Waals surface area contributed by atoms with Crippen LogP contribution in [0.15, 0.2) is 58.0 Å². The lowest BCUT2D eigenvalue weighted by Gasteiger charge is -2.01. The predicted molar refractivity (Wildman–Crippen MR) is 78.8 cm³/mol. The SMILES string of the molecule is N/N=C\C(=N/Nc1ccccc1)C(=O)c1cccs1. The van der Waals surface area contributed by atoms with Crippen LogP contribution in [0.5, 0.6) is 0 Å². The molecule has 1 heterocycles. The number of nitrogens with two attached hydrogens (primary N) is 1. The Morgan fingerprint density at radius 2 is 2.00 bits per heavy atom. The average Bonchev–Trinajstić information content (AvgIpc) is 2.98. The summed E-state index contributed by atoms with van der Waals surface area (Å²) in [5.41, 5.74) is 3.74. The van der Waals surface area contributed by atoms with Crippen molar-refractivity contribution >= 4 is 34.7 Å². The predicted octanol–water partition coefficient (Wildman–Crippen LogP) is 2.34. The van der Waals surface area contributed by atoms with Gasteiger partial charge in [0, 0.05) is 0 Å². The van der Waals surface area contributed by atoms with E-state index in [1.807, 2.05) is 35.7 Å². The smallest absolute Gasteiger partial charge is 0.224 e. The van der Waals surface area contributed by atoms with Crippen molar-refractivity contribution in [1.82, 2.24) is 0 Å². The van der Waals surface area contributed by atoms with Crippen molar-refractivity contribution in [2.24, 2.45) is 16.0 Å². The van der Waals surface area contributed by atoms with Crippen LogP contribution < -0.4 is 11.3 Å². The number of ketones is 1. The van der Waals surface area contributed by atoms with Crippen LogP contribution in [0.2, 0.25) is 0 Å². The van der Waals surface area contributed by atoms with Gasteiger partial charge in [-0.25, -0.2) is 0 Å². The van der Waals surface area contributed by atoms with E-state index < -0.39 is 0 Å². The first kappa shape index (κ1) is 13.0. The van der Waals surface area contributed by atoms with Gasteiger partial charge in [0.25, 0.3) is 0 Å². The number of benzene rings is 1. The minimum absolute atomic E-state index is 0.161. The molecule has 0 spiro atoms. The Hall–Kier alpha value is -2.47. The van der Waals surface area contributed by atoms with Crippen molar-refractivity contribution in [3.63, 3.8) is 0 Å². The average molecular weight is 272 g/mol. The largest absolute Gasteiger partial charge is 0.323 e. The van der Waals surface area contributed by atoms with Gasteiger partial charge in [-0.2, -0.15) is 10.2 Å². The van der Waals surface area contributed by atoms with Crippen LogP contribution in [0.1, 0.15) is 9.67 Å². The van der Waals surface area contributed by atoms with Crippen LogP contribution in [-0.2, 0) is 0 Å². The summed E-state index contributed by atoms with van der Waals surface area (Å²) < 4.78 is 0. The third kappa shape index (κ3) is 3.49. The molecule has 0 saturated heterocycles. The van der Waals surface area contributed by atoms with Crippen molar-refractivity contribution in [3.05, 3.63) is 52.7 Å². The van der Waals surface area contributed by atoms with Crippen molar-refractivity contribution in [2.45, 2.75) is 0 Å². The van der Waals surface area contributed by atoms with Gasteiger partial charge in [-0.15, -0.1) is 11.3 Å². The molecule has 0 unspecified atom stereocenters. The fourth-order valence-electron chi connectivity index (χ4n) is 1.38. The number of thiophene rings is 1. The van der Waals surface area contributed by atoms with Gasteiger partial charge in [0.15, 0.2) is 5.71 Å². The Bertz CT molecular complexity index is 590. The zero-order valence-corrected chi connectivity index (χ0v) is 10.8. The molecular weight excluding hydrogens is 260 g/mol. The zero-order chi connectivity index (χ0) is 13.5. The summed E-state index contributed by atoms with van der Waals surface area (Å²) in [6.07, 6.45) is 1.23. The highest BCUT2D eigenvalue weighted by molar-refractivity contribution is 7.13. The maximum absolute atomic E-state index is 12.1. The number of carbonyl (C=O) groups excluding carboxylic acids is 1. The number of hydrazone groups is 2. The number of hydrogen-bond donors (Lipinski definition) is 2. The van der Waals surface area contributed by atoms with Crippen LogP contribution in [0.4, 0.5) is 5.69 Å². The second kappa shape index (κ2) is 6.46. The quantitative estimate of drug-likeness (QED) is 0.379. The molecule has 0 aliphatic rings. The van der Waals surface area contributed by atoms with Crippen LogP contribution >= 0.6 is 11.3 Å². The molecule has 96 valence electrons. The van der Waals surface area contributed by atoms with Crippen LogP contribution in [-0.4, -0.2) is 17.7 Å². The van der Waals surface area contributed by atoms with E-state index in [0.717, 1.165) is 5.69 Å². The number of rotatable bonds is 5. The first-order chi connectivity index (χ1) is 9.31. The fourth-order valence-corrected chi connectivity index (χ4v) is 2.05. The molecule has 19 heavy (non-hydrogen) atoms. The van der Waals surface area contributed by atoms with E-state index in [2.05, 4.69) is 15.6 Å². The number of nitrogens with one attached hydrogen (secondary N) is 1. The number of nitrogens with zero attached hydrogens (tertiary/aromatic N) is 2. The minimum Gasteiger partial charge on any atom is -0.323 e. The van der Waals surface area contributed by atoms with Gasteiger partial charge < -0.3 is 5.84 Å². The molecule has 6 heteroatoms. The molecule has 0 aliphatic carbocycles. The Labute approximate surface area is 114 Å². The fraction of sp³-hybridized carbons (Fsp3) is 0. The standard InChI is InChI=1S/C13H12N4OS/c14-15-9-11(13(18)12-7-4-8-19-12)17-16-10-5-2-1-3-6-10/h1-9,16H,14H2/b15-9-,17-11+. The molecule has 2 rings (SSSR count). The third-order valence-corrected chi connectivity index (χ3v) is 3.12. The van der Waals surface area contributed by atoms with Gasteiger partial charge in [-0.05, 0) is 23.6 Å². The number of anilines is 1. The molecule has 0 aliphatic heterocycles. The second-order valence-corrected chi connectivity index (χ2v) is 4.51. The van der Waals surface area contributed by atoms with E-state index in [0.29, 0.717) is 4.88 Å². The molecular formula is C13H12N4OS. The van der Waals surface area contributed by atoms with E-state index in [1.54, 1.807) is 12.1 Å². The molecule has 3 N–H and O–H groups in total. The maximum Gasteiger partial charge on any atom is 0.224 e. The highest BCUT2D eigenvalue weighted by Gasteiger charge is 2.13. The normalized spacial score (nSPS) is 11.7. The van der Waals surface area contributed by atoms with Gasteiger partial charge in [0.2, 0.25) is 5.78 Å². The van der Waals surface area contributed by atoms with Gasteiger partial charge in [-0.1, -0.05) is 24.3 Å². The van der Waals surface area contributed by atoms with Gasteiger partial charge in [0.05, 0.1) is 16.8 Å². The lowest BCUT2D eigenvalue weighted by atomic mass is 10.2. The molecule has 0 atom stereocenters. The minimum atomic E-state index is -0.215. The Morgan fingerprint density at radius 1 is 1.21 bits per heavy atom. The summed E-state index contributed by atoms with van der Waals surface area (Å²) in [7, 11) is 0. The van der Waals surface area contributed by atoms with Gasteiger partial charge in [-0.3, -0.25) is 10.2 Å². The van der Waals surface area contributed by atoms with E-state index in [9.17, 15) is 4.79 Å². The van der Waals surface area contributed by atoms with Crippen LogP contribution in [0.25, 0.3) is 0 Å². The summed E-state index contributed by atoms with van der Waals surface area (Å²) in [4.78, 5) is 12.7. The maximum atomic E-state index is 12.1. The van der Waals surface area contributed by atoms with Crippen molar-refractivity contribution < 1.29 is 4.79 Å². The Balaban J connectivity index is 2.18. The molecule has 1 aromatic heterocycles. The Morgan fingerprint density at radius 3 is 2.63 bits per heavy atom. The number of Topliss-reactive ketones (excluding diaryl/α,β-unsaturated/α-hetero) is 1. The highest BCUT2D eigenvalue weighted by Crippen LogP contribution is 2.10. The molecule has 5 nitrogen and oxygen atoms in total. The van der Waals surface area contributed by atoms with Crippen LogP contribution in [0, 0.1) is 0 Å². The number of carbonyl (C=O) groups is 1. The lowest BCUT2D eigenvalue weighted by molar-refractivity contribution is 0.107. The molecule has 0 saturated carbocycles. The molecule has 2 aromatic rings. The lowest BCUT2D eigenvalue weighted by Crippen LogP contribution is -2.17. The first-order valence-electron chi connectivity index (χ1n) is 5.51. The summed E-state index contributed by atoms with van der Waals surface area (Å²) in [6, 6.07) is 12.9. The number of hydrogen-bond acceptors (Lipinski definition) is 6. The number of para-hydroxylation sites is 1. The first-order valence-corrected chi connectivity index (χ1v) is 6.39. The monoisotopic (exact) mass is 272 g/mol. The third-order valence-electron chi connectivity index (χ3n) is 2.25. The van der Waals surface area contributed by atoms with Crippen molar-refractivity contribution in [1.29, 1.82) is 0 Å². The summed E-state index contributed by atoms with van der Waals surface area (Å²) in [5, 5.41) is 9.23. The van der Waals surface area contributed by atoms with E-state index in [-0.39, 0.29) is 11.5 Å². The van der Waals surface area contributed by atoms with E-state index >= 15 is 0 Å². The van der Waals surface area contributed by atoms with E-state index in [1.165, 1.54) is 17.6 Å². The molecule has 0 bridgehead atoms. The van der Waals surface area contributed by atoms with Crippen LogP contribution in [0.3, 0.4) is 0 Å². The molecule has 0 radical (unpaired) electrons. The summed E-state index contributed by atoms with van der Waals surface area (Å²) >= 11 is 1.35. The summed E-state index contributed by atoms with van der Waals surface area (Å²) in [5.74, 6) is 4.89. The topological polar surface area (TPSA) is 79.8 Å². The molecule has 0 fully saturated rings. The summed E-state index contributed by atoms with van der Waals surface area (Å²) in [6.45, 7) is 0.